The van der Waals surface area contributed by atoms with Crippen LogP contribution in [0.5, 0.6) is 0 Å². The van der Waals surface area contributed by atoms with Crippen LogP contribution in [0.2, 0.25) is 0 Å². The molecule has 0 unspecified atom stereocenters. The fourth-order valence-corrected chi connectivity index (χ4v) is 1.84. The fraction of sp³-hybridized carbons (Fsp3) is 1.00. The van der Waals surface area contributed by atoms with Gasteiger partial charge in [-0.15, -0.1) is 0 Å². The Morgan fingerprint density at radius 3 is 1.71 bits per heavy atom. The van der Waals surface area contributed by atoms with Crippen LogP contribution in [0.3, 0.4) is 0 Å². The van der Waals surface area contributed by atoms with Crippen LogP contribution >= 0.6 is 0 Å². The topological polar surface area (TPSA) is 43.7 Å². The van der Waals surface area contributed by atoms with Crippen molar-refractivity contribution in [3.8, 4) is 0 Å². The highest BCUT2D eigenvalue weighted by atomic mass is 16.3. The molecule has 86 valence electrons. The van der Waals surface area contributed by atoms with Gasteiger partial charge in [0.05, 0.1) is 13.5 Å². The Bertz CT molecular complexity index is 163. The van der Waals surface area contributed by atoms with E-state index in [2.05, 4.69) is 34.6 Å². The number of rotatable bonds is 6. The van der Waals surface area contributed by atoms with Gasteiger partial charge in [0.2, 0.25) is 0 Å². The molecule has 0 radical (unpaired) electrons. The third-order valence-corrected chi connectivity index (χ3v) is 3.07. The second-order valence-electron chi connectivity index (χ2n) is 5.33. The van der Waals surface area contributed by atoms with Crippen LogP contribution < -0.4 is 0 Å². The maximum Gasteiger partial charge on any atom is 0.0978 e. The number of aliphatic hydroxyl groups is 2. The minimum Gasteiger partial charge on any atom is -0.381 e. The molecular formula is C11H25NO2. The molecule has 0 aliphatic carbocycles. The van der Waals surface area contributed by atoms with Crippen LogP contribution in [-0.4, -0.2) is 34.1 Å². The largest absolute Gasteiger partial charge is 0.381 e. The lowest BCUT2D eigenvalue weighted by atomic mass is 9.78. The van der Waals surface area contributed by atoms with Crippen LogP contribution in [0.25, 0.3) is 0 Å². The molecule has 0 amide bonds. The molecular weight excluding hydrogens is 178 g/mol. The first-order chi connectivity index (χ1) is 6.29. The van der Waals surface area contributed by atoms with Gasteiger partial charge >= 0.3 is 0 Å². The summed E-state index contributed by atoms with van der Waals surface area (Å²) >= 11 is 0. The van der Waals surface area contributed by atoms with Crippen LogP contribution in [-0.2, 0) is 0 Å². The SMILES string of the molecule is CCC(C)(C)CC(C)(C)N(CO)CO. The summed E-state index contributed by atoms with van der Waals surface area (Å²) in [5.74, 6) is 0. The number of nitrogens with zero attached hydrogens (tertiary/aromatic N) is 1. The van der Waals surface area contributed by atoms with Crippen LogP contribution in [0.15, 0.2) is 0 Å². The minimum atomic E-state index is -0.164. The van der Waals surface area contributed by atoms with Crippen molar-refractivity contribution in [1.82, 2.24) is 4.90 Å². The van der Waals surface area contributed by atoms with E-state index in [9.17, 15) is 0 Å². The van der Waals surface area contributed by atoms with Crippen molar-refractivity contribution in [2.45, 2.75) is 53.0 Å². The van der Waals surface area contributed by atoms with E-state index in [1.165, 1.54) is 0 Å². The van der Waals surface area contributed by atoms with Gasteiger partial charge < -0.3 is 10.2 Å². The van der Waals surface area contributed by atoms with Gasteiger partial charge in [0.25, 0.3) is 0 Å². The molecule has 14 heavy (non-hydrogen) atoms. The second kappa shape index (κ2) is 5.10. The lowest BCUT2D eigenvalue weighted by Crippen LogP contribution is -2.47. The van der Waals surface area contributed by atoms with Gasteiger partial charge in [-0.05, 0) is 25.7 Å². The summed E-state index contributed by atoms with van der Waals surface area (Å²) in [6, 6.07) is 0. The molecule has 0 aliphatic heterocycles. The summed E-state index contributed by atoms with van der Waals surface area (Å²) in [4.78, 5) is 1.67. The summed E-state index contributed by atoms with van der Waals surface area (Å²) in [6.45, 7) is 10.5. The molecule has 0 aromatic carbocycles. The van der Waals surface area contributed by atoms with Gasteiger partial charge in [-0.25, -0.2) is 0 Å². The zero-order valence-corrected chi connectivity index (χ0v) is 10.2. The van der Waals surface area contributed by atoms with Crippen LogP contribution in [0, 0.1) is 5.41 Å². The van der Waals surface area contributed by atoms with Gasteiger partial charge in [0.15, 0.2) is 0 Å². The van der Waals surface area contributed by atoms with Crippen molar-refractivity contribution in [1.29, 1.82) is 0 Å². The van der Waals surface area contributed by atoms with Crippen molar-refractivity contribution in [2.75, 3.05) is 13.5 Å². The standard InChI is InChI=1S/C11H25NO2/c1-6-10(2,3)7-11(4,5)12(8-13)9-14/h13-14H,6-9H2,1-5H3. The molecule has 0 heterocycles. The van der Waals surface area contributed by atoms with Gasteiger partial charge in [-0.1, -0.05) is 27.2 Å². The van der Waals surface area contributed by atoms with E-state index < -0.39 is 0 Å². The van der Waals surface area contributed by atoms with Gasteiger partial charge in [-0.3, -0.25) is 4.90 Å². The maximum atomic E-state index is 9.10. The highest BCUT2D eigenvalue weighted by molar-refractivity contribution is 4.85. The molecule has 0 aromatic rings. The molecule has 0 atom stereocenters. The smallest absolute Gasteiger partial charge is 0.0978 e. The summed E-state index contributed by atoms with van der Waals surface area (Å²) in [5, 5.41) is 18.2. The predicted molar refractivity (Wildman–Crippen MR) is 58.8 cm³/mol. The molecule has 3 nitrogen and oxygen atoms in total. The molecule has 0 aliphatic rings. The third-order valence-electron chi connectivity index (χ3n) is 3.07. The van der Waals surface area contributed by atoms with E-state index in [-0.39, 0.29) is 24.4 Å². The van der Waals surface area contributed by atoms with Crippen LogP contribution in [0.1, 0.15) is 47.5 Å². The van der Waals surface area contributed by atoms with Crippen molar-refractivity contribution < 1.29 is 10.2 Å². The Morgan fingerprint density at radius 2 is 1.43 bits per heavy atom. The first-order valence-corrected chi connectivity index (χ1v) is 5.26. The highest BCUT2D eigenvalue weighted by Crippen LogP contribution is 2.33. The Morgan fingerprint density at radius 1 is 1.00 bits per heavy atom. The molecule has 0 bridgehead atoms. The summed E-state index contributed by atoms with van der Waals surface area (Å²) in [6.07, 6.45) is 2.05. The predicted octanol–water partition coefficient (Wildman–Crippen LogP) is 1.79. The Hall–Kier alpha value is -0.120. The number of aliphatic hydroxyl groups excluding tert-OH is 2. The van der Waals surface area contributed by atoms with Gasteiger partial charge in [-0.2, -0.15) is 0 Å². The number of hydrogen-bond donors (Lipinski definition) is 2. The van der Waals surface area contributed by atoms with E-state index in [0.717, 1.165) is 12.8 Å². The molecule has 2 N–H and O–H groups in total. The second-order valence-corrected chi connectivity index (χ2v) is 5.33. The van der Waals surface area contributed by atoms with Crippen molar-refractivity contribution >= 4 is 0 Å². The Balaban J connectivity index is 4.45. The summed E-state index contributed by atoms with van der Waals surface area (Å²) in [5.41, 5.74) is 0.0785. The molecule has 0 saturated heterocycles. The molecule has 3 heteroatoms. The zero-order chi connectivity index (χ0) is 11.4. The first-order valence-electron chi connectivity index (χ1n) is 5.26. The Kier molecular flexibility index (Phi) is 5.06. The van der Waals surface area contributed by atoms with E-state index >= 15 is 0 Å². The summed E-state index contributed by atoms with van der Waals surface area (Å²) < 4.78 is 0. The minimum absolute atomic E-state index is 0.0940. The normalized spacial score (nSPS) is 13.7. The van der Waals surface area contributed by atoms with Crippen molar-refractivity contribution in [3.05, 3.63) is 0 Å². The van der Waals surface area contributed by atoms with E-state index in [1.807, 2.05) is 0 Å². The molecule has 0 aromatic heterocycles. The quantitative estimate of drug-likeness (QED) is 0.647. The van der Waals surface area contributed by atoms with Crippen molar-refractivity contribution in [2.24, 2.45) is 5.41 Å². The molecule has 0 spiro atoms. The third kappa shape index (κ3) is 3.95. The average molecular weight is 203 g/mol. The Labute approximate surface area is 87.7 Å². The van der Waals surface area contributed by atoms with E-state index in [4.69, 9.17) is 10.2 Å². The van der Waals surface area contributed by atoms with Gasteiger partial charge in [0.1, 0.15) is 0 Å². The lowest BCUT2D eigenvalue weighted by Gasteiger charge is -2.41. The zero-order valence-electron chi connectivity index (χ0n) is 10.2. The lowest BCUT2D eigenvalue weighted by molar-refractivity contribution is -0.0536. The highest BCUT2D eigenvalue weighted by Gasteiger charge is 2.32. The summed E-state index contributed by atoms with van der Waals surface area (Å²) in [7, 11) is 0. The monoisotopic (exact) mass is 203 g/mol. The van der Waals surface area contributed by atoms with Crippen molar-refractivity contribution in [3.63, 3.8) is 0 Å². The first kappa shape index (κ1) is 13.9. The van der Waals surface area contributed by atoms with Gasteiger partial charge in [0, 0.05) is 5.54 Å². The molecule has 0 saturated carbocycles. The van der Waals surface area contributed by atoms with E-state index in [1.54, 1.807) is 4.90 Å². The molecule has 0 rings (SSSR count). The fourth-order valence-electron chi connectivity index (χ4n) is 1.84. The van der Waals surface area contributed by atoms with E-state index in [0.29, 0.717) is 0 Å². The maximum absolute atomic E-state index is 9.10. The van der Waals surface area contributed by atoms with Crippen LogP contribution in [0.4, 0.5) is 0 Å². The average Bonchev–Trinajstić information content (AvgIpc) is 2.04. The molecule has 0 fully saturated rings. The number of hydrogen-bond acceptors (Lipinski definition) is 3.